The third-order valence-electron chi connectivity index (χ3n) is 2.84. The smallest absolute Gasteiger partial charge is 0.261 e. The van der Waals surface area contributed by atoms with Crippen molar-refractivity contribution < 1.29 is 4.42 Å². The fourth-order valence-electron chi connectivity index (χ4n) is 1.74. The van der Waals surface area contributed by atoms with Crippen LogP contribution in [-0.4, -0.2) is 11.5 Å². The van der Waals surface area contributed by atoms with Gasteiger partial charge in [-0.3, -0.25) is 0 Å². The molecular weight excluding hydrogens is 244 g/mol. The van der Waals surface area contributed by atoms with E-state index in [2.05, 4.69) is 30.1 Å². The maximum Gasteiger partial charge on any atom is 0.261 e. The maximum atomic E-state index is 5.65. The normalized spacial score (nSPS) is 10.9. The molecule has 0 aliphatic heterocycles. The lowest BCUT2D eigenvalue weighted by atomic mass is 10.1. The van der Waals surface area contributed by atoms with E-state index in [0.29, 0.717) is 11.8 Å². The molecule has 0 aliphatic carbocycles. The number of nitrogens with zero attached hydrogens (tertiary/aromatic N) is 1. The summed E-state index contributed by atoms with van der Waals surface area (Å²) in [7, 11) is 0. The molecule has 0 saturated carbocycles. The number of benzene rings is 1. The highest BCUT2D eigenvalue weighted by molar-refractivity contribution is 7.99. The van der Waals surface area contributed by atoms with Gasteiger partial charge in [-0.05, 0) is 57.1 Å². The molecule has 96 valence electrons. The van der Waals surface area contributed by atoms with Crippen molar-refractivity contribution in [2.45, 2.75) is 37.3 Å². The highest BCUT2D eigenvalue weighted by Crippen LogP contribution is 2.31. The number of aryl methyl sites for hydroxylation is 3. The lowest BCUT2D eigenvalue weighted by molar-refractivity contribution is 0.431. The van der Waals surface area contributed by atoms with Crippen molar-refractivity contribution in [3.05, 3.63) is 40.8 Å². The van der Waals surface area contributed by atoms with Gasteiger partial charge in [0.1, 0.15) is 5.76 Å². The Kier molecular flexibility index (Phi) is 4.09. The Morgan fingerprint density at radius 3 is 2.67 bits per heavy atom. The average Bonchev–Trinajstić information content (AvgIpc) is 2.62. The second-order valence-corrected chi connectivity index (χ2v) is 5.37. The summed E-state index contributed by atoms with van der Waals surface area (Å²) < 4.78 is 5.60. The van der Waals surface area contributed by atoms with Crippen LogP contribution >= 0.6 is 11.8 Å². The number of nitrogens with two attached hydrogens (primary N) is 1. The molecule has 1 aromatic heterocycles. The van der Waals surface area contributed by atoms with E-state index in [0.717, 1.165) is 17.9 Å². The number of aromatic nitrogens is 1. The van der Waals surface area contributed by atoms with Crippen LogP contribution in [-0.2, 0) is 6.42 Å². The molecule has 2 rings (SSSR count). The van der Waals surface area contributed by atoms with Gasteiger partial charge in [0.05, 0.1) is 5.69 Å². The molecule has 3 nitrogen and oxygen atoms in total. The van der Waals surface area contributed by atoms with E-state index < -0.39 is 0 Å². The van der Waals surface area contributed by atoms with Crippen LogP contribution in [0.3, 0.4) is 0 Å². The zero-order valence-corrected chi connectivity index (χ0v) is 11.8. The van der Waals surface area contributed by atoms with Crippen molar-refractivity contribution in [3.8, 4) is 0 Å². The van der Waals surface area contributed by atoms with Gasteiger partial charge in [-0.15, -0.1) is 0 Å². The minimum absolute atomic E-state index is 0.653. The fraction of sp³-hybridized carbons (Fsp3) is 0.357. The van der Waals surface area contributed by atoms with Crippen molar-refractivity contribution in [1.29, 1.82) is 0 Å². The molecule has 2 N–H and O–H groups in total. The average molecular weight is 262 g/mol. The van der Waals surface area contributed by atoms with Crippen molar-refractivity contribution in [2.75, 3.05) is 6.54 Å². The molecule has 4 heteroatoms. The zero-order valence-electron chi connectivity index (χ0n) is 11.0. The Balaban J connectivity index is 2.27. The molecule has 1 aromatic carbocycles. The molecule has 2 aromatic rings. The molecule has 18 heavy (non-hydrogen) atoms. The van der Waals surface area contributed by atoms with Gasteiger partial charge in [0.25, 0.3) is 5.22 Å². The molecular formula is C14H18N2OS. The first-order valence-corrected chi connectivity index (χ1v) is 6.83. The summed E-state index contributed by atoms with van der Waals surface area (Å²) in [4.78, 5) is 5.57. The van der Waals surface area contributed by atoms with E-state index in [4.69, 9.17) is 10.2 Å². The number of oxazole rings is 1. The van der Waals surface area contributed by atoms with E-state index in [1.54, 1.807) is 11.8 Å². The lowest BCUT2D eigenvalue weighted by Crippen LogP contribution is -2.04. The van der Waals surface area contributed by atoms with Crippen molar-refractivity contribution in [3.63, 3.8) is 0 Å². The first kappa shape index (κ1) is 13.2. The summed E-state index contributed by atoms with van der Waals surface area (Å²) in [5.74, 6) is 0.880. The van der Waals surface area contributed by atoms with Crippen LogP contribution in [0.25, 0.3) is 0 Å². The van der Waals surface area contributed by atoms with Crippen LogP contribution in [0.5, 0.6) is 0 Å². The minimum atomic E-state index is 0.653. The number of hydrogen-bond acceptors (Lipinski definition) is 4. The third kappa shape index (κ3) is 2.94. The predicted octanol–water partition coefficient (Wildman–Crippen LogP) is 3.25. The Morgan fingerprint density at radius 1 is 1.28 bits per heavy atom. The molecule has 0 radical (unpaired) electrons. The summed E-state index contributed by atoms with van der Waals surface area (Å²) in [5.41, 5.74) is 9.11. The van der Waals surface area contributed by atoms with E-state index in [9.17, 15) is 0 Å². The Labute approximate surface area is 112 Å². The summed E-state index contributed by atoms with van der Waals surface area (Å²) in [5, 5.41) is 0.701. The van der Waals surface area contributed by atoms with Gasteiger partial charge in [-0.2, -0.15) is 0 Å². The molecule has 0 fully saturated rings. The monoisotopic (exact) mass is 262 g/mol. The van der Waals surface area contributed by atoms with Crippen LogP contribution in [0.15, 0.2) is 32.7 Å². The molecule has 0 aliphatic rings. The van der Waals surface area contributed by atoms with Crippen LogP contribution < -0.4 is 5.73 Å². The van der Waals surface area contributed by atoms with Crippen molar-refractivity contribution in [1.82, 2.24) is 4.98 Å². The van der Waals surface area contributed by atoms with E-state index in [1.165, 1.54) is 16.0 Å². The molecule has 0 amide bonds. The Hall–Kier alpha value is -1.26. The second-order valence-electron chi connectivity index (χ2n) is 4.37. The highest BCUT2D eigenvalue weighted by Gasteiger charge is 2.10. The van der Waals surface area contributed by atoms with Crippen LogP contribution in [0.2, 0.25) is 0 Å². The quantitative estimate of drug-likeness (QED) is 0.919. The molecule has 0 spiro atoms. The Morgan fingerprint density at radius 2 is 2.06 bits per heavy atom. The SMILES string of the molecule is Cc1ccc(Sc2nc(C)c(C)o2)c(CCN)c1. The van der Waals surface area contributed by atoms with E-state index in [-0.39, 0.29) is 0 Å². The maximum absolute atomic E-state index is 5.65. The van der Waals surface area contributed by atoms with Gasteiger partial charge in [-0.25, -0.2) is 4.98 Å². The number of rotatable bonds is 4. The highest BCUT2D eigenvalue weighted by atomic mass is 32.2. The first-order chi connectivity index (χ1) is 8.60. The van der Waals surface area contributed by atoms with Gasteiger partial charge in [-0.1, -0.05) is 17.7 Å². The van der Waals surface area contributed by atoms with Gasteiger partial charge < -0.3 is 10.2 Å². The standard InChI is InChI=1S/C14H18N2OS/c1-9-4-5-13(12(8-9)6-7-15)18-14-16-10(2)11(3)17-14/h4-5,8H,6-7,15H2,1-3H3. The van der Waals surface area contributed by atoms with Crippen LogP contribution in [0, 0.1) is 20.8 Å². The van der Waals surface area contributed by atoms with Crippen LogP contribution in [0.4, 0.5) is 0 Å². The van der Waals surface area contributed by atoms with Gasteiger partial charge in [0, 0.05) is 4.90 Å². The fourth-order valence-corrected chi connectivity index (χ4v) is 2.71. The van der Waals surface area contributed by atoms with Crippen molar-refractivity contribution in [2.24, 2.45) is 5.73 Å². The summed E-state index contributed by atoms with van der Waals surface area (Å²) in [6.45, 7) is 6.63. The van der Waals surface area contributed by atoms with E-state index in [1.807, 2.05) is 13.8 Å². The molecule has 0 unspecified atom stereocenters. The zero-order chi connectivity index (χ0) is 13.1. The predicted molar refractivity (Wildman–Crippen MR) is 74.0 cm³/mol. The Bertz CT molecular complexity index is 529. The first-order valence-electron chi connectivity index (χ1n) is 6.01. The van der Waals surface area contributed by atoms with Gasteiger partial charge >= 0.3 is 0 Å². The number of hydrogen-bond donors (Lipinski definition) is 1. The van der Waals surface area contributed by atoms with E-state index >= 15 is 0 Å². The topological polar surface area (TPSA) is 52.0 Å². The minimum Gasteiger partial charge on any atom is -0.436 e. The summed E-state index contributed by atoms with van der Waals surface area (Å²) in [6, 6.07) is 6.39. The van der Waals surface area contributed by atoms with Crippen molar-refractivity contribution >= 4 is 11.8 Å². The third-order valence-corrected chi connectivity index (χ3v) is 3.80. The molecule has 0 saturated heterocycles. The van der Waals surface area contributed by atoms with Crippen LogP contribution in [0.1, 0.15) is 22.6 Å². The molecule has 0 atom stereocenters. The largest absolute Gasteiger partial charge is 0.436 e. The summed E-state index contributed by atoms with van der Waals surface area (Å²) in [6.07, 6.45) is 0.878. The summed E-state index contributed by atoms with van der Waals surface area (Å²) >= 11 is 1.56. The van der Waals surface area contributed by atoms with Gasteiger partial charge in [0.15, 0.2) is 0 Å². The lowest BCUT2D eigenvalue weighted by Gasteiger charge is -2.07. The van der Waals surface area contributed by atoms with Gasteiger partial charge in [0.2, 0.25) is 0 Å². The molecule has 0 bridgehead atoms. The molecule has 1 heterocycles. The second kappa shape index (κ2) is 5.59.